The zero-order valence-electron chi connectivity index (χ0n) is 20.8. The van der Waals surface area contributed by atoms with Crippen LogP contribution in [0.3, 0.4) is 0 Å². The molecular formula is C29H31N3O4. The zero-order valence-corrected chi connectivity index (χ0v) is 20.8. The van der Waals surface area contributed by atoms with E-state index in [0.717, 1.165) is 55.5 Å². The van der Waals surface area contributed by atoms with E-state index in [1.54, 1.807) is 13.2 Å². The van der Waals surface area contributed by atoms with Crippen molar-refractivity contribution in [2.75, 3.05) is 44.8 Å². The first-order chi connectivity index (χ1) is 17.6. The molecular weight excluding hydrogens is 454 g/mol. The lowest BCUT2D eigenvalue weighted by molar-refractivity contribution is 0.0642. The fraction of sp³-hybridized carbons (Fsp3) is 0.310. The maximum absolute atomic E-state index is 13.4. The summed E-state index contributed by atoms with van der Waals surface area (Å²) in [5, 5.41) is 0. The van der Waals surface area contributed by atoms with Crippen LogP contribution in [0.1, 0.15) is 38.8 Å². The molecule has 0 aliphatic carbocycles. The van der Waals surface area contributed by atoms with E-state index in [9.17, 15) is 9.59 Å². The van der Waals surface area contributed by atoms with E-state index >= 15 is 0 Å². The van der Waals surface area contributed by atoms with Crippen molar-refractivity contribution in [3.8, 4) is 11.5 Å². The van der Waals surface area contributed by atoms with Gasteiger partial charge in [-0.25, -0.2) is 0 Å². The Hall–Kier alpha value is -3.84. The Morgan fingerprint density at radius 2 is 1.56 bits per heavy atom. The SMILES string of the molecule is CCOc1ccccc1CN1CCN(c2cccc3c2C(=O)N(Cc2ccc(OC)cc2)C3=O)CC1. The van der Waals surface area contributed by atoms with Gasteiger partial charge in [-0.3, -0.25) is 19.4 Å². The van der Waals surface area contributed by atoms with Crippen LogP contribution in [-0.2, 0) is 13.1 Å². The predicted octanol–water partition coefficient (Wildman–Crippen LogP) is 4.21. The average molecular weight is 486 g/mol. The number of fused-ring (bicyclic) bond motifs is 1. The Bertz CT molecular complexity index is 1250. The van der Waals surface area contributed by atoms with E-state index < -0.39 is 0 Å². The van der Waals surface area contributed by atoms with Gasteiger partial charge in [-0.15, -0.1) is 0 Å². The number of carbonyl (C=O) groups excluding carboxylic acids is 2. The molecule has 0 bridgehead atoms. The molecule has 7 nitrogen and oxygen atoms in total. The normalized spacial score (nSPS) is 15.8. The fourth-order valence-corrected chi connectivity index (χ4v) is 4.95. The van der Waals surface area contributed by atoms with Gasteiger partial charge in [0.05, 0.1) is 37.1 Å². The van der Waals surface area contributed by atoms with Gasteiger partial charge >= 0.3 is 0 Å². The smallest absolute Gasteiger partial charge is 0.263 e. The summed E-state index contributed by atoms with van der Waals surface area (Å²) in [4.78, 5) is 32.6. The van der Waals surface area contributed by atoms with Gasteiger partial charge in [0.15, 0.2) is 0 Å². The highest BCUT2D eigenvalue weighted by molar-refractivity contribution is 6.23. The molecule has 2 amide bonds. The van der Waals surface area contributed by atoms with Gasteiger partial charge in [0, 0.05) is 38.3 Å². The number of hydrogen-bond donors (Lipinski definition) is 0. The van der Waals surface area contributed by atoms with Crippen molar-refractivity contribution in [2.45, 2.75) is 20.0 Å². The number of imide groups is 1. The number of para-hydroxylation sites is 1. The Labute approximate surface area is 211 Å². The van der Waals surface area contributed by atoms with Crippen LogP contribution in [0, 0.1) is 0 Å². The molecule has 1 fully saturated rings. The molecule has 5 rings (SSSR count). The maximum Gasteiger partial charge on any atom is 0.263 e. The molecule has 0 N–H and O–H groups in total. The van der Waals surface area contributed by atoms with Crippen LogP contribution in [0.25, 0.3) is 0 Å². The van der Waals surface area contributed by atoms with Crippen LogP contribution >= 0.6 is 0 Å². The molecule has 0 aromatic heterocycles. The molecule has 36 heavy (non-hydrogen) atoms. The molecule has 0 saturated carbocycles. The monoisotopic (exact) mass is 485 g/mol. The summed E-state index contributed by atoms with van der Waals surface area (Å²) >= 11 is 0. The van der Waals surface area contributed by atoms with Crippen LogP contribution < -0.4 is 14.4 Å². The minimum Gasteiger partial charge on any atom is -0.497 e. The van der Waals surface area contributed by atoms with Gasteiger partial charge in [0.25, 0.3) is 11.8 Å². The van der Waals surface area contributed by atoms with Crippen LogP contribution in [-0.4, -0.2) is 61.5 Å². The van der Waals surface area contributed by atoms with E-state index in [4.69, 9.17) is 9.47 Å². The number of anilines is 1. The zero-order chi connectivity index (χ0) is 25.1. The van der Waals surface area contributed by atoms with E-state index in [2.05, 4.69) is 15.9 Å². The van der Waals surface area contributed by atoms with E-state index in [-0.39, 0.29) is 18.4 Å². The molecule has 0 unspecified atom stereocenters. The fourth-order valence-electron chi connectivity index (χ4n) is 4.95. The molecule has 3 aromatic rings. The Kier molecular flexibility index (Phi) is 6.91. The number of nitrogens with zero attached hydrogens (tertiary/aromatic N) is 3. The predicted molar refractivity (Wildman–Crippen MR) is 139 cm³/mol. The second-order valence-corrected chi connectivity index (χ2v) is 9.05. The lowest BCUT2D eigenvalue weighted by Crippen LogP contribution is -2.46. The molecule has 2 aliphatic heterocycles. The summed E-state index contributed by atoms with van der Waals surface area (Å²) in [6.45, 7) is 7.00. The highest BCUT2D eigenvalue weighted by Gasteiger charge is 2.38. The Morgan fingerprint density at radius 1 is 0.806 bits per heavy atom. The molecule has 0 radical (unpaired) electrons. The lowest BCUT2D eigenvalue weighted by atomic mass is 10.1. The van der Waals surface area contributed by atoms with Crippen molar-refractivity contribution >= 4 is 17.5 Å². The number of ether oxygens (including phenoxy) is 2. The molecule has 0 atom stereocenters. The Morgan fingerprint density at radius 3 is 2.28 bits per heavy atom. The third-order valence-corrected chi connectivity index (χ3v) is 6.86. The number of benzene rings is 3. The standard InChI is InChI=1S/C29H31N3O4/c1-3-36-26-10-5-4-7-22(26)20-30-15-17-31(18-16-30)25-9-6-8-24-27(25)29(34)32(28(24)33)19-21-11-13-23(35-2)14-12-21/h4-14H,3,15-20H2,1-2H3. The van der Waals surface area contributed by atoms with Crippen molar-refractivity contribution in [2.24, 2.45) is 0 Å². The Balaban J connectivity index is 1.28. The second kappa shape index (κ2) is 10.4. The minimum absolute atomic E-state index is 0.227. The quantitative estimate of drug-likeness (QED) is 0.446. The first-order valence-corrected chi connectivity index (χ1v) is 12.4. The topological polar surface area (TPSA) is 62.3 Å². The first kappa shape index (κ1) is 23.9. The highest BCUT2D eigenvalue weighted by Crippen LogP contribution is 2.33. The molecule has 2 heterocycles. The van der Waals surface area contributed by atoms with Crippen LogP contribution in [0.15, 0.2) is 66.7 Å². The highest BCUT2D eigenvalue weighted by atomic mass is 16.5. The van der Waals surface area contributed by atoms with Gasteiger partial charge in [-0.2, -0.15) is 0 Å². The van der Waals surface area contributed by atoms with Crippen molar-refractivity contribution in [1.82, 2.24) is 9.80 Å². The number of piperazine rings is 1. The number of methoxy groups -OCH3 is 1. The minimum atomic E-state index is -0.237. The van der Waals surface area contributed by atoms with E-state index in [1.165, 1.54) is 10.5 Å². The summed E-state index contributed by atoms with van der Waals surface area (Å²) in [5.41, 5.74) is 3.92. The maximum atomic E-state index is 13.4. The van der Waals surface area contributed by atoms with Crippen molar-refractivity contribution < 1.29 is 19.1 Å². The summed E-state index contributed by atoms with van der Waals surface area (Å²) in [7, 11) is 1.61. The van der Waals surface area contributed by atoms with Gasteiger partial charge in [0.1, 0.15) is 11.5 Å². The molecule has 2 aliphatic rings. The van der Waals surface area contributed by atoms with Crippen LogP contribution in [0.4, 0.5) is 5.69 Å². The van der Waals surface area contributed by atoms with Crippen LogP contribution in [0.5, 0.6) is 11.5 Å². The average Bonchev–Trinajstić information content (AvgIpc) is 3.16. The van der Waals surface area contributed by atoms with Gasteiger partial charge < -0.3 is 14.4 Å². The summed E-state index contributed by atoms with van der Waals surface area (Å²) in [6.07, 6.45) is 0. The number of carbonyl (C=O) groups is 2. The second-order valence-electron chi connectivity index (χ2n) is 9.05. The number of amides is 2. The van der Waals surface area contributed by atoms with Crippen molar-refractivity contribution in [1.29, 1.82) is 0 Å². The lowest BCUT2D eigenvalue weighted by Gasteiger charge is -2.37. The number of hydrogen-bond acceptors (Lipinski definition) is 6. The van der Waals surface area contributed by atoms with Gasteiger partial charge in [0.2, 0.25) is 0 Å². The molecule has 1 saturated heterocycles. The molecule has 7 heteroatoms. The summed E-state index contributed by atoms with van der Waals surface area (Å²) in [6, 6.07) is 21.2. The summed E-state index contributed by atoms with van der Waals surface area (Å²) < 4.78 is 11.0. The van der Waals surface area contributed by atoms with Gasteiger partial charge in [-0.05, 0) is 42.8 Å². The van der Waals surface area contributed by atoms with Crippen molar-refractivity contribution in [3.63, 3.8) is 0 Å². The third-order valence-electron chi connectivity index (χ3n) is 6.86. The molecule has 186 valence electrons. The van der Waals surface area contributed by atoms with E-state index in [1.807, 2.05) is 61.5 Å². The van der Waals surface area contributed by atoms with Crippen LogP contribution in [0.2, 0.25) is 0 Å². The van der Waals surface area contributed by atoms with E-state index in [0.29, 0.717) is 17.7 Å². The largest absolute Gasteiger partial charge is 0.497 e. The van der Waals surface area contributed by atoms with Crippen molar-refractivity contribution in [3.05, 3.63) is 89.0 Å². The van der Waals surface area contributed by atoms with Gasteiger partial charge in [-0.1, -0.05) is 36.4 Å². The number of rotatable bonds is 8. The third kappa shape index (κ3) is 4.66. The molecule has 3 aromatic carbocycles. The summed E-state index contributed by atoms with van der Waals surface area (Å²) in [5.74, 6) is 1.21. The first-order valence-electron chi connectivity index (χ1n) is 12.4. The molecule has 0 spiro atoms.